The summed E-state index contributed by atoms with van der Waals surface area (Å²) in [6.07, 6.45) is -1.06. The maximum atomic E-state index is 12.9. The van der Waals surface area contributed by atoms with Crippen LogP contribution in [0, 0.1) is 5.82 Å². The number of rotatable bonds is 5. The molecule has 1 aromatic heterocycles. The van der Waals surface area contributed by atoms with Gasteiger partial charge in [-0.1, -0.05) is 30.3 Å². The number of para-hydroxylation sites is 1. The molecular weight excluding hydrogens is 351 g/mol. The van der Waals surface area contributed by atoms with Crippen LogP contribution in [0.1, 0.15) is 22.8 Å². The SMILES string of the molecule is C[C@H](OC(=O)c1cc(=O)[nH]c2ccccc12)C(=O)NCc1ccc(F)cc1. The van der Waals surface area contributed by atoms with E-state index in [-0.39, 0.29) is 17.9 Å². The third-order valence-electron chi connectivity index (χ3n) is 4.00. The predicted octanol–water partition coefficient (Wildman–Crippen LogP) is 2.53. The first-order valence-corrected chi connectivity index (χ1v) is 8.29. The van der Waals surface area contributed by atoms with Crippen LogP contribution in [-0.4, -0.2) is 23.0 Å². The van der Waals surface area contributed by atoms with Crippen LogP contribution in [0.5, 0.6) is 0 Å². The van der Waals surface area contributed by atoms with Crippen LogP contribution in [0.3, 0.4) is 0 Å². The maximum absolute atomic E-state index is 12.9. The van der Waals surface area contributed by atoms with Gasteiger partial charge in [0, 0.05) is 23.5 Å². The Hall–Kier alpha value is -3.48. The molecule has 2 aromatic carbocycles. The number of H-pyrrole nitrogens is 1. The second-order valence-electron chi connectivity index (χ2n) is 5.98. The Morgan fingerprint density at radius 3 is 2.59 bits per heavy atom. The van der Waals surface area contributed by atoms with Crippen molar-refractivity contribution in [3.8, 4) is 0 Å². The summed E-state index contributed by atoms with van der Waals surface area (Å²) in [5.41, 5.74) is 0.871. The van der Waals surface area contributed by atoms with Crippen molar-refractivity contribution in [1.82, 2.24) is 10.3 Å². The summed E-state index contributed by atoms with van der Waals surface area (Å²) in [6, 6.07) is 13.7. The van der Waals surface area contributed by atoms with Crippen LogP contribution in [0.4, 0.5) is 4.39 Å². The summed E-state index contributed by atoms with van der Waals surface area (Å²) in [6.45, 7) is 1.61. The molecule has 0 aliphatic carbocycles. The lowest BCUT2D eigenvalue weighted by molar-refractivity contribution is -0.129. The van der Waals surface area contributed by atoms with Gasteiger partial charge in [0.2, 0.25) is 5.56 Å². The number of carbonyl (C=O) groups excluding carboxylic acids is 2. The van der Waals surface area contributed by atoms with Gasteiger partial charge in [-0.25, -0.2) is 9.18 Å². The lowest BCUT2D eigenvalue weighted by Gasteiger charge is -2.14. The Bertz CT molecular complexity index is 1040. The van der Waals surface area contributed by atoms with Crippen molar-refractivity contribution in [2.45, 2.75) is 19.6 Å². The van der Waals surface area contributed by atoms with E-state index in [1.807, 2.05) is 0 Å². The van der Waals surface area contributed by atoms with Gasteiger partial charge in [-0.2, -0.15) is 0 Å². The minimum absolute atomic E-state index is 0.0903. The summed E-state index contributed by atoms with van der Waals surface area (Å²) >= 11 is 0. The van der Waals surface area contributed by atoms with Crippen molar-refractivity contribution in [2.24, 2.45) is 0 Å². The molecule has 0 radical (unpaired) electrons. The molecular formula is C20H17FN2O4. The van der Waals surface area contributed by atoms with Crippen molar-refractivity contribution in [2.75, 3.05) is 0 Å². The van der Waals surface area contributed by atoms with Gasteiger partial charge >= 0.3 is 5.97 Å². The number of amides is 1. The summed E-state index contributed by atoms with van der Waals surface area (Å²) < 4.78 is 18.1. The molecule has 0 saturated heterocycles. The van der Waals surface area contributed by atoms with Crippen molar-refractivity contribution >= 4 is 22.8 Å². The fraction of sp³-hybridized carbons (Fsp3) is 0.150. The molecule has 1 atom stereocenters. The van der Waals surface area contributed by atoms with E-state index in [4.69, 9.17) is 4.74 Å². The van der Waals surface area contributed by atoms with Gasteiger partial charge in [0.25, 0.3) is 5.91 Å². The largest absolute Gasteiger partial charge is 0.449 e. The molecule has 138 valence electrons. The Morgan fingerprint density at radius 2 is 1.85 bits per heavy atom. The summed E-state index contributed by atoms with van der Waals surface area (Å²) in [5, 5.41) is 3.15. The zero-order valence-corrected chi connectivity index (χ0v) is 14.5. The highest BCUT2D eigenvalue weighted by molar-refractivity contribution is 6.03. The monoisotopic (exact) mass is 368 g/mol. The molecule has 3 rings (SSSR count). The predicted molar refractivity (Wildman–Crippen MR) is 97.7 cm³/mol. The number of ether oxygens (including phenoxy) is 1. The van der Waals surface area contributed by atoms with Gasteiger partial charge in [0.15, 0.2) is 6.10 Å². The third-order valence-corrected chi connectivity index (χ3v) is 4.00. The lowest BCUT2D eigenvalue weighted by atomic mass is 10.1. The molecule has 0 aliphatic rings. The normalized spacial score (nSPS) is 11.8. The van der Waals surface area contributed by atoms with Crippen LogP contribution in [0.2, 0.25) is 0 Å². The summed E-state index contributed by atoms with van der Waals surface area (Å²) in [5.74, 6) is -1.62. The van der Waals surface area contributed by atoms with Gasteiger partial charge in [-0.3, -0.25) is 9.59 Å². The van der Waals surface area contributed by atoms with Gasteiger partial charge in [0.05, 0.1) is 5.56 Å². The number of benzene rings is 2. The first-order chi connectivity index (χ1) is 12.9. The first kappa shape index (κ1) is 18.3. The zero-order valence-electron chi connectivity index (χ0n) is 14.5. The molecule has 0 saturated carbocycles. The van der Waals surface area contributed by atoms with Gasteiger partial charge in [-0.05, 0) is 30.7 Å². The Balaban J connectivity index is 1.67. The average molecular weight is 368 g/mol. The number of nitrogens with one attached hydrogen (secondary N) is 2. The molecule has 0 fully saturated rings. The van der Waals surface area contributed by atoms with E-state index in [9.17, 15) is 18.8 Å². The molecule has 7 heteroatoms. The topological polar surface area (TPSA) is 88.3 Å². The molecule has 27 heavy (non-hydrogen) atoms. The van der Waals surface area contributed by atoms with E-state index in [1.54, 1.807) is 36.4 Å². The lowest BCUT2D eigenvalue weighted by Crippen LogP contribution is -2.35. The molecule has 0 aliphatic heterocycles. The molecule has 1 heterocycles. The van der Waals surface area contributed by atoms with Crippen molar-refractivity contribution in [3.05, 3.63) is 81.9 Å². The third kappa shape index (κ3) is 4.38. The van der Waals surface area contributed by atoms with Crippen LogP contribution in [0.25, 0.3) is 10.9 Å². The van der Waals surface area contributed by atoms with E-state index in [0.717, 1.165) is 6.07 Å². The van der Waals surface area contributed by atoms with Gasteiger partial charge in [-0.15, -0.1) is 0 Å². The molecule has 0 bridgehead atoms. The Kier molecular flexibility index (Phi) is 5.30. The van der Waals surface area contributed by atoms with Crippen LogP contribution in [0.15, 0.2) is 59.4 Å². The molecule has 6 nitrogen and oxygen atoms in total. The number of carbonyl (C=O) groups is 2. The first-order valence-electron chi connectivity index (χ1n) is 8.29. The second kappa shape index (κ2) is 7.82. The maximum Gasteiger partial charge on any atom is 0.339 e. The van der Waals surface area contributed by atoms with Gasteiger partial charge < -0.3 is 15.0 Å². The fourth-order valence-corrected chi connectivity index (χ4v) is 2.59. The number of aromatic amines is 1. The van der Waals surface area contributed by atoms with E-state index in [0.29, 0.717) is 16.5 Å². The molecule has 0 unspecified atom stereocenters. The minimum Gasteiger partial charge on any atom is -0.449 e. The average Bonchev–Trinajstić information content (AvgIpc) is 2.66. The Morgan fingerprint density at radius 1 is 1.15 bits per heavy atom. The number of hydrogen-bond donors (Lipinski definition) is 2. The van der Waals surface area contributed by atoms with Crippen molar-refractivity contribution < 1.29 is 18.7 Å². The summed E-state index contributed by atoms with van der Waals surface area (Å²) in [4.78, 5) is 39.0. The van der Waals surface area contributed by atoms with Crippen molar-refractivity contribution in [1.29, 1.82) is 0 Å². The van der Waals surface area contributed by atoms with Crippen molar-refractivity contribution in [3.63, 3.8) is 0 Å². The highest BCUT2D eigenvalue weighted by Gasteiger charge is 2.20. The van der Waals surface area contributed by atoms with E-state index in [2.05, 4.69) is 10.3 Å². The number of pyridine rings is 1. The van der Waals surface area contributed by atoms with Crippen LogP contribution >= 0.6 is 0 Å². The molecule has 2 N–H and O–H groups in total. The number of hydrogen-bond acceptors (Lipinski definition) is 4. The highest BCUT2D eigenvalue weighted by Crippen LogP contribution is 2.16. The Labute approximate surface area is 154 Å². The fourth-order valence-electron chi connectivity index (χ4n) is 2.59. The second-order valence-corrected chi connectivity index (χ2v) is 5.98. The van der Waals surface area contributed by atoms with E-state index in [1.165, 1.54) is 19.1 Å². The van der Waals surface area contributed by atoms with Crippen LogP contribution < -0.4 is 10.9 Å². The molecule has 3 aromatic rings. The smallest absolute Gasteiger partial charge is 0.339 e. The van der Waals surface area contributed by atoms with Gasteiger partial charge in [0.1, 0.15) is 5.82 Å². The minimum atomic E-state index is -1.06. The number of fused-ring (bicyclic) bond motifs is 1. The molecule has 0 spiro atoms. The number of aromatic nitrogens is 1. The highest BCUT2D eigenvalue weighted by atomic mass is 19.1. The van der Waals surface area contributed by atoms with Crippen LogP contribution in [-0.2, 0) is 16.1 Å². The summed E-state index contributed by atoms with van der Waals surface area (Å²) in [7, 11) is 0. The standard InChI is InChI=1S/C20H17FN2O4/c1-12(19(25)22-11-13-6-8-14(21)9-7-13)27-20(26)16-10-18(24)23-17-5-3-2-4-15(16)17/h2-10,12H,11H2,1H3,(H,22,25)(H,23,24)/t12-/m0/s1. The number of halogens is 1. The van der Waals surface area contributed by atoms with E-state index < -0.39 is 23.5 Å². The zero-order chi connectivity index (χ0) is 19.4. The number of esters is 1. The molecule has 1 amide bonds. The quantitative estimate of drug-likeness (QED) is 0.678. The van der Waals surface area contributed by atoms with E-state index >= 15 is 0 Å².